The lowest BCUT2D eigenvalue weighted by Crippen LogP contribution is -2.48. The van der Waals surface area contributed by atoms with Crippen molar-refractivity contribution in [1.82, 2.24) is 25.2 Å². The Morgan fingerprint density at radius 2 is 1.87 bits per heavy atom. The van der Waals surface area contributed by atoms with E-state index < -0.39 is 5.54 Å². The molecule has 1 atom stereocenters. The summed E-state index contributed by atoms with van der Waals surface area (Å²) in [4.78, 5) is 29.9. The van der Waals surface area contributed by atoms with Crippen LogP contribution in [-0.2, 0) is 5.54 Å². The van der Waals surface area contributed by atoms with Crippen molar-refractivity contribution >= 4 is 16.8 Å². The number of rotatable bonds is 7. The van der Waals surface area contributed by atoms with Crippen molar-refractivity contribution in [2.75, 3.05) is 20.2 Å². The molecule has 1 saturated heterocycles. The van der Waals surface area contributed by atoms with Gasteiger partial charge in [0.25, 0.3) is 5.91 Å². The number of benzene rings is 2. The number of likely N-dealkylation sites (tertiary alicyclic amines) is 1. The molecule has 2 aromatic heterocycles. The Hall–Kier alpha value is -3.84. The molecule has 0 unspecified atom stereocenters. The summed E-state index contributed by atoms with van der Waals surface area (Å²) in [6, 6.07) is 14.5. The Kier molecular flexibility index (Phi) is 6.11. The Morgan fingerprint density at radius 1 is 1.08 bits per heavy atom. The SMILES string of the molecule is Cc1cnc(-c2cc(C3(NC(=O)c4cc(OC[C@@H]5CCN5C)ccc4C)CC3)c3ccc(C)nc3c2)nc1. The van der Waals surface area contributed by atoms with E-state index >= 15 is 0 Å². The van der Waals surface area contributed by atoms with Gasteiger partial charge in [0.05, 0.1) is 11.1 Å². The standard InChI is InChI=1S/C31H33N5O2/c1-19-16-32-29(33-17-19)22-13-27(25-8-6-21(3)34-28(25)14-22)31(10-11-31)35-30(37)26-15-24(7-5-20(26)2)38-18-23-9-12-36(23)4/h5-8,13-17,23H,9-12,18H2,1-4H3,(H,35,37)/t23-/m0/s1. The molecular formula is C31H33N5O2. The molecule has 7 heteroatoms. The van der Waals surface area contributed by atoms with Gasteiger partial charge in [-0.05, 0) is 101 Å². The molecular weight excluding hydrogens is 474 g/mol. The number of hydrogen-bond acceptors (Lipinski definition) is 6. The van der Waals surface area contributed by atoms with Gasteiger partial charge in [0.2, 0.25) is 0 Å². The number of nitrogens with one attached hydrogen (secondary N) is 1. The number of carbonyl (C=O) groups excluding carboxylic acids is 1. The van der Waals surface area contributed by atoms with E-state index in [0.717, 1.165) is 70.4 Å². The molecule has 2 fully saturated rings. The minimum Gasteiger partial charge on any atom is -0.492 e. The summed E-state index contributed by atoms with van der Waals surface area (Å²) in [6.07, 6.45) is 6.52. The molecule has 6 rings (SSSR count). The lowest BCUT2D eigenvalue weighted by atomic mass is 9.95. The smallest absolute Gasteiger partial charge is 0.252 e. The molecule has 2 aromatic carbocycles. The summed E-state index contributed by atoms with van der Waals surface area (Å²) in [6.45, 7) is 7.68. The van der Waals surface area contributed by atoms with Gasteiger partial charge >= 0.3 is 0 Å². The molecule has 1 N–H and O–H groups in total. The Labute approximate surface area is 223 Å². The Bertz CT molecular complexity index is 1530. The van der Waals surface area contributed by atoms with Crippen LogP contribution in [0.15, 0.2) is 54.9 Å². The lowest BCUT2D eigenvalue weighted by molar-refractivity contribution is 0.0767. The van der Waals surface area contributed by atoms with Crippen LogP contribution in [0.2, 0.25) is 0 Å². The minimum absolute atomic E-state index is 0.0866. The molecule has 1 aliphatic heterocycles. The normalized spacial score (nSPS) is 18.2. The van der Waals surface area contributed by atoms with E-state index in [9.17, 15) is 4.79 Å². The first kappa shape index (κ1) is 24.5. The summed E-state index contributed by atoms with van der Waals surface area (Å²) in [5.74, 6) is 1.30. The summed E-state index contributed by atoms with van der Waals surface area (Å²) in [5, 5.41) is 4.43. The fourth-order valence-corrected chi connectivity index (χ4v) is 5.18. The highest BCUT2D eigenvalue weighted by Gasteiger charge is 2.47. The molecule has 1 amide bonds. The third-order valence-corrected chi connectivity index (χ3v) is 7.94. The van der Waals surface area contributed by atoms with E-state index in [4.69, 9.17) is 9.72 Å². The number of likely N-dealkylation sites (N-methyl/N-ethyl adjacent to an activating group) is 1. The molecule has 0 bridgehead atoms. The zero-order valence-corrected chi connectivity index (χ0v) is 22.4. The summed E-state index contributed by atoms with van der Waals surface area (Å²) >= 11 is 0. The van der Waals surface area contributed by atoms with E-state index in [2.05, 4.69) is 39.4 Å². The molecule has 194 valence electrons. The summed E-state index contributed by atoms with van der Waals surface area (Å²) in [5.41, 5.74) is 5.92. The zero-order chi connectivity index (χ0) is 26.4. The number of amides is 1. The summed E-state index contributed by atoms with van der Waals surface area (Å²) in [7, 11) is 2.11. The van der Waals surface area contributed by atoms with E-state index in [1.165, 1.54) is 0 Å². The van der Waals surface area contributed by atoms with Gasteiger partial charge in [0, 0.05) is 40.6 Å². The van der Waals surface area contributed by atoms with Crippen molar-refractivity contribution in [3.05, 3.63) is 82.8 Å². The lowest BCUT2D eigenvalue weighted by Gasteiger charge is -2.37. The van der Waals surface area contributed by atoms with Crippen LogP contribution >= 0.6 is 0 Å². The van der Waals surface area contributed by atoms with Crippen molar-refractivity contribution in [2.45, 2.75) is 51.6 Å². The predicted molar refractivity (Wildman–Crippen MR) is 148 cm³/mol. The topological polar surface area (TPSA) is 80.2 Å². The van der Waals surface area contributed by atoms with Gasteiger partial charge in [-0.3, -0.25) is 14.7 Å². The first-order valence-electron chi connectivity index (χ1n) is 13.3. The van der Waals surface area contributed by atoms with Gasteiger partial charge in [-0.1, -0.05) is 12.1 Å². The van der Waals surface area contributed by atoms with Crippen LogP contribution in [0.1, 0.15) is 52.0 Å². The highest BCUT2D eigenvalue weighted by molar-refractivity contribution is 5.98. The number of ether oxygens (including phenoxy) is 1. The molecule has 38 heavy (non-hydrogen) atoms. The fourth-order valence-electron chi connectivity index (χ4n) is 5.18. The molecule has 2 aliphatic rings. The molecule has 1 aliphatic carbocycles. The van der Waals surface area contributed by atoms with Gasteiger partial charge in [0.15, 0.2) is 5.82 Å². The average Bonchev–Trinajstić information content (AvgIpc) is 3.68. The van der Waals surface area contributed by atoms with E-state index in [-0.39, 0.29) is 5.91 Å². The molecule has 3 heterocycles. The maximum atomic E-state index is 13.7. The van der Waals surface area contributed by atoms with Crippen LogP contribution in [0.25, 0.3) is 22.3 Å². The van der Waals surface area contributed by atoms with E-state index in [1.807, 2.05) is 63.5 Å². The van der Waals surface area contributed by atoms with Crippen LogP contribution < -0.4 is 10.1 Å². The second-order valence-corrected chi connectivity index (χ2v) is 10.9. The highest BCUT2D eigenvalue weighted by atomic mass is 16.5. The molecule has 1 saturated carbocycles. The molecule has 7 nitrogen and oxygen atoms in total. The number of nitrogens with zero attached hydrogens (tertiary/aromatic N) is 4. The van der Waals surface area contributed by atoms with Gasteiger partial charge in [-0.25, -0.2) is 9.97 Å². The van der Waals surface area contributed by atoms with E-state index in [0.29, 0.717) is 24.0 Å². The van der Waals surface area contributed by atoms with Gasteiger partial charge in [-0.2, -0.15) is 0 Å². The first-order valence-corrected chi connectivity index (χ1v) is 13.3. The number of carbonyl (C=O) groups is 1. The predicted octanol–water partition coefficient (Wildman–Crippen LogP) is 5.12. The van der Waals surface area contributed by atoms with Crippen LogP contribution in [0.4, 0.5) is 0 Å². The van der Waals surface area contributed by atoms with Crippen molar-refractivity contribution in [3.63, 3.8) is 0 Å². The Morgan fingerprint density at radius 3 is 2.55 bits per heavy atom. The maximum Gasteiger partial charge on any atom is 0.252 e. The minimum atomic E-state index is -0.453. The largest absolute Gasteiger partial charge is 0.492 e. The number of pyridine rings is 1. The van der Waals surface area contributed by atoms with Crippen molar-refractivity contribution < 1.29 is 9.53 Å². The monoisotopic (exact) mass is 507 g/mol. The van der Waals surface area contributed by atoms with Crippen LogP contribution in [0.5, 0.6) is 5.75 Å². The quantitative estimate of drug-likeness (QED) is 0.374. The number of aryl methyl sites for hydroxylation is 3. The van der Waals surface area contributed by atoms with Crippen molar-refractivity contribution in [1.29, 1.82) is 0 Å². The Balaban J connectivity index is 1.32. The third-order valence-electron chi connectivity index (χ3n) is 7.94. The van der Waals surface area contributed by atoms with Crippen molar-refractivity contribution in [2.24, 2.45) is 0 Å². The zero-order valence-electron chi connectivity index (χ0n) is 22.4. The van der Waals surface area contributed by atoms with E-state index in [1.54, 1.807) is 0 Å². The number of fused-ring (bicyclic) bond motifs is 1. The van der Waals surface area contributed by atoms with Crippen LogP contribution in [0, 0.1) is 20.8 Å². The highest BCUT2D eigenvalue weighted by Crippen LogP contribution is 2.49. The molecule has 4 aromatic rings. The molecule has 0 spiro atoms. The first-order chi connectivity index (χ1) is 18.3. The van der Waals surface area contributed by atoms with Crippen LogP contribution in [-0.4, -0.2) is 52.0 Å². The van der Waals surface area contributed by atoms with Gasteiger partial charge in [0.1, 0.15) is 12.4 Å². The second kappa shape index (κ2) is 9.48. The third kappa shape index (κ3) is 4.63. The average molecular weight is 508 g/mol. The van der Waals surface area contributed by atoms with Gasteiger partial charge in [-0.15, -0.1) is 0 Å². The number of hydrogen-bond donors (Lipinski definition) is 1. The van der Waals surface area contributed by atoms with Crippen molar-refractivity contribution in [3.8, 4) is 17.1 Å². The number of aromatic nitrogens is 3. The van der Waals surface area contributed by atoms with Gasteiger partial charge < -0.3 is 10.1 Å². The fraction of sp³-hybridized carbons (Fsp3) is 0.355. The summed E-state index contributed by atoms with van der Waals surface area (Å²) < 4.78 is 6.05. The maximum absolute atomic E-state index is 13.7. The second-order valence-electron chi connectivity index (χ2n) is 10.9. The van der Waals surface area contributed by atoms with Crippen LogP contribution in [0.3, 0.4) is 0 Å². The molecule has 0 radical (unpaired) electrons.